The van der Waals surface area contributed by atoms with E-state index >= 15 is 0 Å². The summed E-state index contributed by atoms with van der Waals surface area (Å²) in [4.78, 5) is 0. The lowest BCUT2D eigenvalue weighted by molar-refractivity contribution is 0.332. The van der Waals surface area contributed by atoms with Gasteiger partial charge in [-0.3, -0.25) is 0 Å². The second kappa shape index (κ2) is 7.83. The van der Waals surface area contributed by atoms with E-state index in [9.17, 15) is 0 Å². The molecule has 0 spiro atoms. The first-order valence-corrected chi connectivity index (χ1v) is 8.15. The zero-order valence-electron chi connectivity index (χ0n) is 12.2. The lowest BCUT2D eigenvalue weighted by Crippen LogP contribution is -2.20. The summed E-state index contributed by atoms with van der Waals surface area (Å²) in [7, 11) is 1.96. The summed E-state index contributed by atoms with van der Waals surface area (Å²) >= 11 is 9.81. The van der Waals surface area contributed by atoms with Crippen molar-refractivity contribution in [3.63, 3.8) is 0 Å². The molecule has 0 heterocycles. The van der Waals surface area contributed by atoms with E-state index in [-0.39, 0.29) is 6.04 Å². The van der Waals surface area contributed by atoms with E-state index in [1.807, 2.05) is 44.3 Å². The summed E-state index contributed by atoms with van der Waals surface area (Å²) in [6, 6.07) is 14.2. The molecule has 0 saturated carbocycles. The third-order valence-electron chi connectivity index (χ3n) is 3.38. The molecule has 0 saturated heterocycles. The monoisotopic (exact) mass is 367 g/mol. The maximum Gasteiger partial charge on any atom is 0.124 e. The van der Waals surface area contributed by atoms with Gasteiger partial charge in [-0.2, -0.15) is 0 Å². The minimum Gasteiger partial charge on any atom is -0.494 e. The van der Waals surface area contributed by atoms with E-state index in [4.69, 9.17) is 16.3 Å². The molecule has 1 N–H and O–H groups in total. The number of likely N-dealkylation sites (N-methyl/N-ethyl adjacent to an activating group) is 1. The maximum atomic E-state index is 6.28. The summed E-state index contributed by atoms with van der Waals surface area (Å²) in [5, 5.41) is 4.16. The summed E-state index contributed by atoms with van der Waals surface area (Å²) in [5.41, 5.74) is 2.26. The molecule has 0 aromatic heterocycles. The molecule has 0 aliphatic rings. The highest BCUT2D eigenvalue weighted by molar-refractivity contribution is 9.10. The van der Waals surface area contributed by atoms with Crippen LogP contribution in [0.2, 0.25) is 5.02 Å². The molecule has 0 aliphatic carbocycles. The lowest BCUT2D eigenvalue weighted by Gasteiger charge is -2.21. The molecule has 0 amide bonds. The average Bonchev–Trinajstić information content (AvgIpc) is 2.49. The quantitative estimate of drug-likeness (QED) is 0.774. The minimum absolute atomic E-state index is 0.143. The second-order valence-corrected chi connectivity index (χ2v) is 6.07. The van der Waals surface area contributed by atoms with E-state index < -0.39 is 0 Å². The molecule has 0 fully saturated rings. The first kappa shape index (κ1) is 16.3. The molecule has 2 rings (SSSR count). The highest BCUT2D eigenvalue weighted by atomic mass is 79.9. The number of ether oxygens (including phenoxy) is 1. The van der Waals surface area contributed by atoms with Gasteiger partial charge in [0.05, 0.1) is 6.61 Å². The molecular formula is C17H19BrClNO. The van der Waals surface area contributed by atoms with Crippen molar-refractivity contribution in [1.82, 2.24) is 5.32 Å². The Kier molecular flexibility index (Phi) is 6.09. The van der Waals surface area contributed by atoms with Crippen LogP contribution in [-0.4, -0.2) is 13.7 Å². The van der Waals surface area contributed by atoms with Crippen molar-refractivity contribution in [2.75, 3.05) is 13.7 Å². The van der Waals surface area contributed by atoms with Crippen molar-refractivity contribution in [2.24, 2.45) is 0 Å². The van der Waals surface area contributed by atoms with Crippen LogP contribution in [-0.2, 0) is 6.42 Å². The Labute approximate surface area is 139 Å². The minimum atomic E-state index is 0.143. The van der Waals surface area contributed by atoms with Gasteiger partial charge >= 0.3 is 0 Å². The lowest BCUT2D eigenvalue weighted by atomic mass is 9.98. The standard InChI is InChI=1S/C17H19BrClNO/c1-3-21-17-9-8-13(18)11-14(17)16(20-2)10-12-6-4-5-7-15(12)19/h4-9,11,16,20H,3,10H2,1-2H3. The van der Waals surface area contributed by atoms with Gasteiger partial charge in [0.2, 0.25) is 0 Å². The number of hydrogen-bond donors (Lipinski definition) is 1. The normalized spacial score (nSPS) is 12.2. The Balaban J connectivity index is 2.33. The van der Waals surface area contributed by atoms with Crippen LogP contribution < -0.4 is 10.1 Å². The number of nitrogens with one attached hydrogen (secondary N) is 1. The smallest absolute Gasteiger partial charge is 0.124 e. The summed E-state index contributed by atoms with van der Waals surface area (Å²) in [6.07, 6.45) is 0.812. The van der Waals surface area contributed by atoms with Crippen LogP contribution in [0.1, 0.15) is 24.1 Å². The molecule has 21 heavy (non-hydrogen) atoms. The Morgan fingerprint density at radius 3 is 2.67 bits per heavy atom. The highest BCUT2D eigenvalue weighted by Gasteiger charge is 2.17. The van der Waals surface area contributed by atoms with Crippen LogP contribution in [0.25, 0.3) is 0 Å². The van der Waals surface area contributed by atoms with Crippen LogP contribution in [0.15, 0.2) is 46.9 Å². The fourth-order valence-corrected chi connectivity index (χ4v) is 2.92. The van der Waals surface area contributed by atoms with Crippen LogP contribution in [0.3, 0.4) is 0 Å². The Morgan fingerprint density at radius 1 is 1.24 bits per heavy atom. The first-order valence-electron chi connectivity index (χ1n) is 6.98. The van der Waals surface area contributed by atoms with E-state index in [0.29, 0.717) is 6.61 Å². The van der Waals surface area contributed by atoms with Gasteiger partial charge in [0.15, 0.2) is 0 Å². The molecule has 2 aromatic rings. The molecule has 4 heteroatoms. The zero-order chi connectivity index (χ0) is 15.2. The number of rotatable bonds is 6. The van der Waals surface area contributed by atoms with Gasteiger partial charge < -0.3 is 10.1 Å². The van der Waals surface area contributed by atoms with Gasteiger partial charge in [0.25, 0.3) is 0 Å². The molecule has 1 atom stereocenters. The van der Waals surface area contributed by atoms with E-state index in [1.54, 1.807) is 0 Å². The Bertz CT molecular complexity index is 603. The largest absolute Gasteiger partial charge is 0.494 e. The second-order valence-electron chi connectivity index (χ2n) is 4.75. The van der Waals surface area contributed by atoms with Crippen molar-refractivity contribution in [1.29, 1.82) is 0 Å². The predicted molar refractivity (Wildman–Crippen MR) is 92.3 cm³/mol. The summed E-state index contributed by atoms with van der Waals surface area (Å²) in [5.74, 6) is 0.909. The average molecular weight is 369 g/mol. The molecule has 0 bridgehead atoms. The zero-order valence-corrected chi connectivity index (χ0v) is 14.5. The van der Waals surface area contributed by atoms with E-state index in [0.717, 1.165) is 32.8 Å². The van der Waals surface area contributed by atoms with Crippen LogP contribution in [0.5, 0.6) is 5.75 Å². The predicted octanol–water partition coefficient (Wildman–Crippen LogP) is 5.00. The Morgan fingerprint density at radius 2 is 2.00 bits per heavy atom. The number of benzene rings is 2. The van der Waals surface area contributed by atoms with Crippen LogP contribution in [0.4, 0.5) is 0 Å². The maximum absolute atomic E-state index is 6.28. The van der Waals surface area contributed by atoms with Crippen LogP contribution >= 0.6 is 27.5 Å². The van der Waals surface area contributed by atoms with E-state index in [2.05, 4.69) is 33.4 Å². The highest BCUT2D eigenvalue weighted by Crippen LogP contribution is 2.32. The topological polar surface area (TPSA) is 21.3 Å². The molecule has 0 radical (unpaired) electrons. The van der Waals surface area contributed by atoms with Gasteiger partial charge in [0, 0.05) is 21.1 Å². The molecule has 2 nitrogen and oxygen atoms in total. The van der Waals surface area contributed by atoms with E-state index in [1.165, 1.54) is 0 Å². The van der Waals surface area contributed by atoms with Crippen molar-refractivity contribution >= 4 is 27.5 Å². The fraction of sp³-hybridized carbons (Fsp3) is 0.294. The number of halogens is 2. The molecule has 112 valence electrons. The van der Waals surface area contributed by atoms with Crippen molar-refractivity contribution in [3.8, 4) is 5.75 Å². The fourth-order valence-electron chi connectivity index (χ4n) is 2.33. The Hall–Kier alpha value is -1.03. The van der Waals surface area contributed by atoms with Gasteiger partial charge in [0.1, 0.15) is 5.75 Å². The summed E-state index contributed by atoms with van der Waals surface area (Å²) in [6.45, 7) is 2.64. The van der Waals surface area contributed by atoms with Crippen molar-refractivity contribution in [2.45, 2.75) is 19.4 Å². The summed E-state index contributed by atoms with van der Waals surface area (Å²) < 4.78 is 6.79. The van der Waals surface area contributed by atoms with Crippen molar-refractivity contribution < 1.29 is 4.74 Å². The number of hydrogen-bond acceptors (Lipinski definition) is 2. The van der Waals surface area contributed by atoms with Gasteiger partial charge in [-0.15, -0.1) is 0 Å². The van der Waals surface area contributed by atoms with Gasteiger partial charge in [-0.05, 0) is 50.2 Å². The SMILES string of the molecule is CCOc1ccc(Br)cc1C(Cc1ccccc1Cl)NC. The first-order chi connectivity index (χ1) is 10.2. The van der Waals surface area contributed by atoms with Gasteiger partial charge in [-0.25, -0.2) is 0 Å². The molecule has 0 aliphatic heterocycles. The molecule has 2 aromatic carbocycles. The molecule has 1 unspecified atom stereocenters. The van der Waals surface area contributed by atoms with Crippen molar-refractivity contribution in [3.05, 3.63) is 63.1 Å². The van der Waals surface area contributed by atoms with Gasteiger partial charge in [-0.1, -0.05) is 45.7 Å². The third kappa shape index (κ3) is 4.22. The molecular weight excluding hydrogens is 350 g/mol. The van der Waals surface area contributed by atoms with Crippen LogP contribution in [0, 0.1) is 0 Å². The third-order valence-corrected chi connectivity index (χ3v) is 4.24.